The minimum Gasteiger partial charge on any atom is -0.333 e. The largest absolute Gasteiger partial charge is 0.333 e. The number of aromatic nitrogens is 2. The lowest BCUT2D eigenvalue weighted by Gasteiger charge is -2.30. The molecule has 0 fully saturated rings. The van der Waals surface area contributed by atoms with Gasteiger partial charge in [-0.25, -0.2) is 9.78 Å². The molecule has 1 N–H and O–H groups in total. The zero-order chi connectivity index (χ0) is 22.2. The maximum absolute atomic E-state index is 13.4. The number of benzene rings is 2. The Morgan fingerprint density at radius 3 is 2.40 bits per heavy atom. The smallest absolute Gasteiger partial charge is 0.318 e. The Kier molecular flexibility index (Phi) is 5.90. The van der Waals surface area contributed by atoms with Crippen LogP contribution in [0.25, 0.3) is 16.6 Å². The number of nitrogens with one attached hydrogen (secondary N) is 1. The molecule has 0 radical (unpaired) electrons. The summed E-state index contributed by atoms with van der Waals surface area (Å²) in [5, 5.41) is 3.92. The summed E-state index contributed by atoms with van der Waals surface area (Å²) in [6, 6.07) is 12.0. The molecule has 0 spiro atoms. The van der Waals surface area contributed by atoms with Gasteiger partial charge in [0.05, 0.1) is 22.6 Å². The van der Waals surface area contributed by atoms with Crippen LogP contribution in [0.5, 0.6) is 0 Å². The molecule has 0 aliphatic rings. The number of fused-ring (bicyclic) bond motifs is 1. The Morgan fingerprint density at radius 1 is 1.17 bits per heavy atom. The van der Waals surface area contributed by atoms with E-state index < -0.39 is 6.04 Å². The van der Waals surface area contributed by atoms with Gasteiger partial charge in [-0.05, 0) is 65.0 Å². The minimum absolute atomic E-state index is 0.202. The van der Waals surface area contributed by atoms with Crippen molar-refractivity contribution in [1.82, 2.24) is 19.8 Å². The molecule has 0 aliphatic heterocycles. The van der Waals surface area contributed by atoms with E-state index in [9.17, 15) is 9.59 Å². The fourth-order valence-electron chi connectivity index (χ4n) is 3.16. The van der Waals surface area contributed by atoms with Gasteiger partial charge >= 0.3 is 6.03 Å². The average Bonchev–Trinajstić information content (AvgIpc) is 2.66. The maximum Gasteiger partial charge on any atom is 0.318 e. The molecule has 1 aromatic heterocycles. The first-order chi connectivity index (χ1) is 14.0. The van der Waals surface area contributed by atoms with E-state index in [0.717, 1.165) is 5.56 Å². The Bertz CT molecular complexity index is 1150. The Balaban J connectivity index is 2.20. The van der Waals surface area contributed by atoms with E-state index in [1.807, 2.05) is 58.9 Å². The van der Waals surface area contributed by atoms with E-state index in [0.29, 0.717) is 27.4 Å². The molecule has 1 heterocycles. The fourth-order valence-corrected chi connectivity index (χ4v) is 3.32. The van der Waals surface area contributed by atoms with Gasteiger partial charge in [-0.15, -0.1) is 0 Å². The van der Waals surface area contributed by atoms with Crippen molar-refractivity contribution in [1.29, 1.82) is 0 Å². The normalized spacial score (nSPS) is 12.6. The van der Waals surface area contributed by atoms with Crippen LogP contribution in [0.1, 0.15) is 45.1 Å². The van der Waals surface area contributed by atoms with Crippen molar-refractivity contribution in [3.05, 3.63) is 69.2 Å². The van der Waals surface area contributed by atoms with Gasteiger partial charge in [0.25, 0.3) is 5.56 Å². The molecular weight excluding hydrogens is 400 g/mol. The molecule has 2 amide bonds. The number of carbonyl (C=O) groups is 1. The SMILES string of the molecule is Cc1ccc(-n2c(C(C)N(C)C(=O)NC(C)(C)C)nc3cc(Cl)ccc3c2=O)cc1. The molecule has 3 rings (SSSR count). The zero-order valence-electron chi connectivity index (χ0n) is 18.2. The molecule has 30 heavy (non-hydrogen) atoms. The van der Waals surface area contributed by atoms with Crippen LogP contribution in [0.3, 0.4) is 0 Å². The van der Waals surface area contributed by atoms with Gasteiger partial charge < -0.3 is 10.2 Å². The third-order valence-corrected chi connectivity index (χ3v) is 5.14. The fraction of sp³-hybridized carbons (Fsp3) is 0.348. The summed E-state index contributed by atoms with van der Waals surface area (Å²) in [4.78, 5) is 32.5. The molecule has 1 atom stereocenters. The molecule has 0 aliphatic carbocycles. The van der Waals surface area contributed by atoms with Crippen molar-refractivity contribution < 1.29 is 4.79 Å². The summed E-state index contributed by atoms with van der Waals surface area (Å²) in [7, 11) is 1.69. The van der Waals surface area contributed by atoms with Crippen molar-refractivity contribution in [3.8, 4) is 5.69 Å². The number of hydrogen-bond donors (Lipinski definition) is 1. The highest BCUT2D eigenvalue weighted by Crippen LogP contribution is 2.24. The minimum atomic E-state index is -0.468. The summed E-state index contributed by atoms with van der Waals surface area (Å²) in [5.74, 6) is 0.463. The third kappa shape index (κ3) is 4.49. The van der Waals surface area contributed by atoms with E-state index in [1.165, 1.54) is 0 Å². The average molecular weight is 427 g/mol. The number of halogens is 1. The van der Waals surface area contributed by atoms with Gasteiger partial charge in [-0.2, -0.15) is 0 Å². The van der Waals surface area contributed by atoms with Crippen molar-refractivity contribution in [2.75, 3.05) is 7.05 Å². The lowest BCUT2D eigenvalue weighted by atomic mass is 10.1. The zero-order valence-corrected chi connectivity index (χ0v) is 18.9. The van der Waals surface area contributed by atoms with Crippen molar-refractivity contribution in [2.24, 2.45) is 0 Å². The van der Waals surface area contributed by atoms with Gasteiger partial charge in [0.15, 0.2) is 0 Å². The highest BCUT2D eigenvalue weighted by molar-refractivity contribution is 6.31. The topological polar surface area (TPSA) is 67.2 Å². The summed E-state index contributed by atoms with van der Waals surface area (Å²) in [5.41, 5.74) is 1.70. The van der Waals surface area contributed by atoms with Crippen LogP contribution in [0.2, 0.25) is 5.02 Å². The van der Waals surface area contributed by atoms with Crippen molar-refractivity contribution in [3.63, 3.8) is 0 Å². The quantitative estimate of drug-likeness (QED) is 0.651. The molecule has 158 valence electrons. The predicted molar refractivity (Wildman–Crippen MR) is 122 cm³/mol. The van der Waals surface area contributed by atoms with Crippen molar-refractivity contribution in [2.45, 2.75) is 46.2 Å². The van der Waals surface area contributed by atoms with Crippen LogP contribution in [0, 0.1) is 6.92 Å². The van der Waals surface area contributed by atoms with E-state index in [4.69, 9.17) is 16.6 Å². The van der Waals surface area contributed by atoms with Gasteiger partial charge in [0.1, 0.15) is 5.82 Å². The summed E-state index contributed by atoms with van der Waals surface area (Å²) < 4.78 is 1.57. The summed E-state index contributed by atoms with van der Waals surface area (Å²) in [6.45, 7) is 9.60. The van der Waals surface area contributed by atoms with Crippen LogP contribution in [-0.4, -0.2) is 33.1 Å². The molecule has 0 saturated heterocycles. The number of hydrogen-bond acceptors (Lipinski definition) is 3. The van der Waals surface area contributed by atoms with Gasteiger partial charge in [0, 0.05) is 17.6 Å². The Hall–Kier alpha value is -2.86. The Morgan fingerprint density at radius 2 is 1.80 bits per heavy atom. The van der Waals surface area contributed by atoms with E-state index in [-0.39, 0.29) is 17.1 Å². The molecule has 7 heteroatoms. The summed E-state index contributed by atoms with van der Waals surface area (Å²) >= 11 is 6.14. The number of urea groups is 1. The van der Waals surface area contributed by atoms with Crippen molar-refractivity contribution >= 4 is 28.5 Å². The molecule has 3 aromatic rings. The number of amides is 2. The highest BCUT2D eigenvalue weighted by atomic mass is 35.5. The Labute approximate surface area is 181 Å². The van der Waals surface area contributed by atoms with E-state index in [1.54, 1.807) is 34.7 Å². The highest BCUT2D eigenvalue weighted by Gasteiger charge is 2.26. The van der Waals surface area contributed by atoms with Gasteiger partial charge in [0.2, 0.25) is 0 Å². The van der Waals surface area contributed by atoms with Gasteiger partial charge in [-0.3, -0.25) is 9.36 Å². The second-order valence-corrected chi connectivity index (χ2v) is 9.01. The van der Waals surface area contributed by atoms with Crippen LogP contribution in [-0.2, 0) is 0 Å². The van der Waals surface area contributed by atoms with Crippen LogP contribution >= 0.6 is 11.6 Å². The standard InChI is InChI=1S/C23H27ClN4O2/c1-14-7-10-17(11-8-14)28-20(15(2)27(6)22(30)26-23(3,4)5)25-19-13-16(24)9-12-18(19)21(28)29/h7-13,15H,1-6H3,(H,26,30). The summed E-state index contributed by atoms with van der Waals surface area (Å²) in [6.07, 6.45) is 0. The second kappa shape index (κ2) is 8.11. The molecular formula is C23H27ClN4O2. The number of carbonyl (C=O) groups excluding carboxylic acids is 1. The number of nitrogens with zero attached hydrogens (tertiary/aromatic N) is 3. The first-order valence-corrected chi connectivity index (χ1v) is 10.2. The van der Waals surface area contributed by atoms with Crippen LogP contribution in [0.4, 0.5) is 4.79 Å². The molecule has 0 bridgehead atoms. The van der Waals surface area contributed by atoms with Crippen LogP contribution < -0.4 is 10.9 Å². The predicted octanol–water partition coefficient (Wildman–Crippen LogP) is 4.85. The lowest BCUT2D eigenvalue weighted by Crippen LogP contribution is -2.48. The van der Waals surface area contributed by atoms with E-state index in [2.05, 4.69) is 5.32 Å². The second-order valence-electron chi connectivity index (χ2n) is 8.57. The third-order valence-electron chi connectivity index (χ3n) is 4.91. The van der Waals surface area contributed by atoms with E-state index >= 15 is 0 Å². The molecule has 1 unspecified atom stereocenters. The molecule has 6 nitrogen and oxygen atoms in total. The van der Waals surface area contributed by atoms with Crippen LogP contribution in [0.15, 0.2) is 47.3 Å². The lowest BCUT2D eigenvalue weighted by molar-refractivity contribution is 0.182. The number of aryl methyl sites for hydroxylation is 1. The monoisotopic (exact) mass is 426 g/mol. The first-order valence-electron chi connectivity index (χ1n) is 9.82. The maximum atomic E-state index is 13.4. The number of rotatable bonds is 3. The molecule has 2 aromatic carbocycles. The molecule has 0 saturated carbocycles. The first kappa shape index (κ1) is 21.8. The van der Waals surface area contributed by atoms with Gasteiger partial charge in [-0.1, -0.05) is 29.3 Å².